The number of hydrogen-bond donors (Lipinski definition) is 2. The van der Waals surface area contributed by atoms with Gasteiger partial charge in [0.2, 0.25) is 11.1 Å². The van der Waals surface area contributed by atoms with Crippen LogP contribution in [0.1, 0.15) is 28.8 Å². The summed E-state index contributed by atoms with van der Waals surface area (Å²) in [5.41, 5.74) is 2.65. The van der Waals surface area contributed by atoms with Crippen molar-refractivity contribution in [3.63, 3.8) is 0 Å². The molecule has 0 bridgehead atoms. The molecule has 160 valence electrons. The molecule has 31 heavy (non-hydrogen) atoms. The number of carbonyl (C=O) groups excluding carboxylic acids is 2. The number of rotatable bonds is 8. The van der Waals surface area contributed by atoms with Crippen molar-refractivity contribution in [2.75, 3.05) is 18.2 Å². The Kier molecular flexibility index (Phi) is 6.17. The molecule has 4 rings (SSSR count). The highest BCUT2D eigenvalue weighted by molar-refractivity contribution is 7.99. The first-order valence-electron chi connectivity index (χ1n) is 9.81. The van der Waals surface area contributed by atoms with Gasteiger partial charge in [-0.05, 0) is 60.0 Å². The van der Waals surface area contributed by atoms with E-state index in [9.17, 15) is 9.59 Å². The van der Waals surface area contributed by atoms with E-state index in [0.29, 0.717) is 27.8 Å². The Labute approximate surface area is 183 Å². The van der Waals surface area contributed by atoms with E-state index in [4.69, 9.17) is 4.74 Å². The number of carbonyl (C=O) groups is 2. The Morgan fingerprint density at radius 2 is 2.03 bits per heavy atom. The summed E-state index contributed by atoms with van der Waals surface area (Å²) < 4.78 is 6.95. The first kappa shape index (κ1) is 20.9. The first-order valence-corrected chi connectivity index (χ1v) is 10.8. The predicted molar refractivity (Wildman–Crippen MR) is 117 cm³/mol. The molecule has 0 unspecified atom stereocenters. The van der Waals surface area contributed by atoms with Crippen molar-refractivity contribution in [1.82, 2.24) is 25.5 Å². The van der Waals surface area contributed by atoms with Crippen molar-refractivity contribution < 1.29 is 14.3 Å². The largest absolute Gasteiger partial charge is 0.494 e. The maximum atomic E-state index is 12.6. The van der Waals surface area contributed by atoms with Gasteiger partial charge in [-0.15, -0.1) is 5.10 Å². The van der Waals surface area contributed by atoms with Crippen LogP contribution in [-0.2, 0) is 4.79 Å². The van der Waals surface area contributed by atoms with Gasteiger partial charge in [0.1, 0.15) is 11.4 Å². The van der Waals surface area contributed by atoms with Crippen LogP contribution in [0, 0.1) is 6.92 Å². The molecular weight excluding hydrogens is 416 g/mol. The Morgan fingerprint density at radius 1 is 1.23 bits per heavy atom. The van der Waals surface area contributed by atoms with Gasteiger partial charge >= 0.3 is 0 Å². The number of hydrogen-bond acceptors (Lipinski definition) is 7. The summed E-state index contributed by atoms with van der Waals surface area (Å²) in [6, 6.07) is 12.9. The molecular formula is C21H22N6O3S. The van der Waals surface area contributed by atoms with Crippen LogP contribution in [0.5, 0.6) is 5.75 Å². The molecule has 3 aromatic rings. The lowest BCUT2D eigenvalue weighted by atomic mass is 10.1. The molecule has 1 saturated carbocycles. The quantitative estimate of drug-likeness (QED) is 0.520. The van der Waals surface area contributed by atoms with Crippen LogP contribution < -0.4 is 15.4 Å². The monoisotopic (exact) mass is 438 g/mol. The number of aryl methyl sites for hydroxylation is 1. The molecule has 1 fully saturated rings. The summed E-state index contributed by atoms with van der Waals surface area (Å²) in [6.07, 6.45) is 1.99. The number of benzene rings is 2. The number of nitrogens with one attached hydrogen (secondary N) is 2. The smallest absolute Gasteiger partial charge is 0.253 e. The topological polar surface area (TPSA) is 111 Å². The van der Waals surface area contributed by atoms with Gasteiger partial charge in [-0.2, -0.15) is 4.68 Å². The molecule has 1 aliphatic carbocycles. The zero-order chi connectivity index (χ0) is 21.8. The van der Waals surface area contributed by atoms with Crippen molar-refractivity contribution in [2.45, 2.75) is 31.0 Å². The molecule has 1 aliphatic rings. The van der Waals surface area contributed by atoms with Gasteiger partial charge in [0, 0.05) is 6.04 Å². The van der Waals surface area contributed by atoms with E-state index in [1.807, 2.05) is 25.1 Å². The molecule has 0 spiro atoms. The summed E-state index contributed by atoms with van der Waals surface area (Å²) >= 11 is 1.19. The van der Waals surface area contributed by atoms with E-state index in [1.54, 1.807) is 36.1 Å². The summed E-state index contributed by atoms with van der Waals surface area (Å²) in [6.45, 7) is 1.96. The zero-order valence-electron chi connectivity index (χ0n) is 17.2. The standard InChI is InChI=1S/C21H22N6O3S/c1-13-7-10-18(30-2)17(11-13)27-21(24-25-26-27)31-12-19(28)23-16-6-4-3-5-15(16)20(29)22-14-8-9-14/h3-7,10-11,14H,8-9,12H2,1-2H3,(H,22,29)(H,23,28). The van der Waals surface area contributed by atoms with Crippen molar-refractivity contribution in [3.05, 3.63) is 53.6 Å². The number of para-hydroxylation sites is 1. The second kappa shape index (κ2) is 9.17. The van der Waals surface area contributed by atoms with E-state index >= 15 is 0 Å². The molecule has 0 atom stereocenters. The minimum absolute atomic E-state index is 0.0765. The second-order valence-electron chi connectivity index (χ2n) is 7.18. The van der Waals surface area contributed by atoms with Crippen LogP contribution in [0.4, 0.5) is 5.69 Å². The summed E-state index contributed by atoms with van der Waals surface area (Å²) in [5.74, 6) is 0.261. The van der Waals surface area contributed by atoms with Crippen molar-refractivity contribution in [2.24, 2.45) is 0 Å². The number of amides is 2. The average Bonchev–Trinajstić information content (AvgIpc) is 3.45. The molecule has 0 radical (unpaired) electrons. The highest BCUT2D eigenvalue weighted by Gasteiger charge is 2.25. The van der Waals surface area contributed by atoms with Crippen LogP contribution in [-0.4, -0.2) is 50.9 Å². The number of methoxy groups -OCH3 is 1. The van der Waals surface area contributed by atoms with Crippen LogP contribution in [0.15, 0.2) is 47.6 Å². The Bertz CT molecular complexity index is 1110. The highest BCUT2D eigenvalue weighted by atomic mass is 32.2. The fourth-order valence-corrected chi connectivity index (χ4v) is 3.67. The number of tetrazole rings is 1. The summed E-state index contributed by atoms with van der Waals surface area (Å²) in [4.78, 5) is 25.0. The van der Waals surface area contributed by atoms with Crippen LogP contribution in [0.2, 0.25) is 0 Å². The fraction of sp³-hybridized carbons (Fsp3) is 0.286. The van der Waals surface area contributed by atoms with Crippen LogP contribution in [0.3, 0.4) is 0 Å². The average molecular weight is 439 g/mol. The lowest BCUT2D eigenvalue weighted by Crippen LogP contribution is -2.27. The van der Waals surface area contributed by atoms with Gasteiger partial charge in [0.15, 0.2) is 0 Å². The number of thioether (sulfide) groups is 1. The molecule has 1 heterocycles. The Morgan fingerprint density at radius 3 is 2.81 bits per heavy atom. The molecule has 2 amide bonds. The molecule has 0 saturated heterocycles. The lowest BCUT2D eigenvalue weighted by Gasteiger charge is -2.12. The van der Waals surface area contributed by atoms with Crippen molar-refractivity contribution in [3.8, 4) is 11.4 Å². The van der Waals surface area contributed by atoms with Crippen molar-refractivity contribution >= 4 is 29.3 Å². The second-order valence-corrected chi connectivity index (χ2v) is 8.12. The maximum absolute atomic E-state index is 12.6. The molecule has 2 N–H and O–H groups in total. The number of nitrogens with zero attached hydrogens (tertiary/aromatic N) is 4. The van der Waals surface area contributed by atoms with E-state index in [0.717, 1.165) is 18.4 Å². The van der Waals surface area contributed by atoms with Crippen molar-refractivity contribution in [1.29, 1.82) is 0 Å². The van der Waals surface area contributed by atoms with Gasteiger partial charge in [0.05, 0.1) is 24.1 Å². The van der Waals surface area contributed by atoms with Gasteiger partial charge in [-0.3, -0.25) is 9.59 Å². The molecule has 10 heteroatoms. The van der Waals surface area contributed by atoms with E-state index in [-0.39, 0.29) is 23.6 Å². The normalized spacial score (nSPS) is 13.0. The predicted octanol–water partition coefficient (Wildman–Crippen LogP) is 2.60. The zero-order valence-corrected chi connectivity index (χ0v) is 18.0. The Hall–Kier alpha value is -3.40. The summed E-state index contributed by atoms with van der Waals surface area (Å²) in [7, 11) is 1.58. The van der Waals surface area contributed by atoms with Gasteiger partial charge in [0.25, 0.3) is 5.91 Å². The lowest BCUT2D eigenvalue weighted by molar-refractivity contribution is -0.113. The number of aromatic nitrogens is 4. The van der Waals surface area contributed by atoms with Crippen LogP contribution in [0.25, 0.3) is 5.69 Å². The first-order chi connectivity index (χ1) is 15.0. The van der Waals surface area contributed by atoms with Crippen LogP contribution >= 0.6 is 11.8 Å². The SMILES string of the molecule is COc1ccc(C)cc1-n1nnnc1SCC(=O)Nc1ccccc1C(=O)NC1CC1. The van der Waals surface area contributed by atoms with E-state index < -0.39 is 0 Å². The minimum Gasteiger partial charge on any atom is -0.494 e. The van der Waals surface area contributed by atoms with E-state index in [1.165, 1.54) is 11.8 Å². The third-order valence-corrected chi connectivity index (χ3v) is 5.61. The maximum Gasteiger partial charge on any atom is 0.253 e. The third kappa shape index (κ3) is 5.02. The van der Waals surface area contributed by atoms with Gasteiger partial charge in [-0.25, -0.2) is 0 Å². The minimum atomic E-state index is -0.262. The van der Waals surface area contributed by atoms with Gasteiger partial charge < -0.3 is 15.4 Å². The summed E-state index contributed by atoms with van der Waals surface area (Å²) in [5, 5.41) is 18.0. The van der Waals surface area contributed by atoms with Gasteiger partial charge in [-0.1, -0.05) is 30.0 Å². The third-order valence-electron chi connectivity index (χ3n) is 4.69. The highest BCUT2D eigenvalue weighted by Crippen LogP contribution is 2.27. The Balaban J connectivity index is 1.44. The number of anilines is 1. The molecule has 2 aromatic carbocycles. The molecule has 0 aliphatic heterocycles. The fourth-order valence-electron chi connectivity index (χ4n) is 2.98. The molecule has 1 aromatic heterocycles. The number of ether oxygens (including phenoxy) is 1. The van der Waals surface area contributed by atoms with E-state index in [2.05, 4.69) is 26.2 Å². The molecule has 9 nitrogen and oxygen atoms in total.